The van der Waals surface area contributed by atoms with E-state index in [-0.39, 0.29) is 11.8 Å². The molecule has 6 heteroatoms. The van der Waals surface area contributed by atoms with Crippen molar-refractivity contribution in [1.82, 2.24) is 5.32 Å². The molecule has 0 aliphatic carbocycles. The number of rotatable bonds is 6. The fraction of sp³-hybridized carbons (Fsp3) is 0.222. The van der Waals surface area contributed by atoms with Crippen molar-refractivity contribution in [2.75, 3.05) is 5.32 Å². The molecule has 0 saturated heterocycles. The zero-order chi connectivity index (χ0) is 17.5. The van der Waals surface area contributed by atoms with Crippen molar-refractivity contribution >= 4 is 45.0 Å². The van der Waals surface area contributed by atoms with Crippen molar-refractivity contribution in [3.05, 3.63) is 63.1 Å². The molecule has 2 rings (SSSR count). The number of halogens is 2. The molecule has 2 N–H and O–H groups in total. The van der Waals surface area contributed by atoms with Gasteiger partial charge in [-0.25, -0.2) is 0 Å². The zero-order valence-corrected chi connectivity index (χ0v) is 15.6. The van der Waals surface area contributed by atoms with E-state index >= 15 is 0 Å². The number of hydrogen-bond acceptors (Lipinski definition) is 2. The molecular weight excluding hydrogens is 392 g/mol. The second-order valence-electron chi connectivity index (χ2n) is 5.30. The Bertz CT molecular complexity index is 732. The van der Waals surface area contributed by atoms with Crippen molar-refractivity contribution in [3.8, 4) is 0 Å². The molecule has 0 radical (unpaired) electrons. The van der Waals surface area contributed by atoms with Gasteiger partial charge in [0.05, 0.1) is 5.56 Å². The molecular formula is C18H18BrClN2O2. The minimum absolute atomic E-state index is 0.00404. The van der Waals surface area contributed by atoms with E-state index in [2.05, 4.69) is 26.6 Å². The average Bonchev–Trinajstić information content (AvgIpc) is 2.56. The fourth-order valence-corrected chi connectivity index (χ4v) is 2.70. The molecule has 0 aliphatic heterocycles. The van der Waals surface area contributed by atoms with Crippen LogP contribution in [0.4, 0.5) is 5.69 Å². The summed E-state index contributed by atoms with van der Waals surface area (Å²) in [5.74, 6) is -0.200. The number of hydrogen-bond donors (Lipinski definition) is 2. The minimum atomic E-state index is -0.204. The molecule has 24 heavy (non-hydrogen) atoms. The minimum Gasteiger partial charge on any atom is -0.348 e. The molecule has 126 valence electrons. The summed E-state index contributed by atoms with van der Waals surface area (Å²) in [7, 11) is 0. The highest BCUT2D eigenvalue weighted by atomic mass is 79.9. The lowest BCUT2D eigenvalue weighted by Gasteiger charge is -2.09. The van der Waals surface area contributed by atoms with E-state index in [4.69, 9.17) is 11.6 Å². The smallest absolute Gasteiger partial charge is 0.252 e. The number of carbonyl (C=O) groups is 2. The Balaban J connectivity index is 1.93. The van der Waals surface area contributed by atoms with Crippen LogP contribution < -0.4 is 10.6 Å². The van der Waals surface area contributed by atoms with Gasteiger partial charge >= 0.3 is 0 Å². The van der Waals surface area contributed by atoms with E-state index in [0.29, 0.717) is 28.0 Å². The molecule has 0 aliphatic rings. The molecule has 2 amide bonds. The predicted octanol–water partition coefficient (Wildman–Crippen LogP) is 4.77. The van der Waals surface area contributed by atoms with Crippen LogP contribution in [0.2, 0.25) is 5.02 Å². The largest absolute Gasteiger partial charge is 0.348 e. The van der Waals surface area contributed by atoms with Gasteiger partial charge in [0.1, 0.15) is 0 Å². The lowest BCUT2D eigenvalue weighted by Crippen LogP contribution is -2.23. The monoisotopic (exact) mass is 408 g/mol. The van der Waals surface area contributed by atoms with E-state index in [9.17, 15) is 9.59 Å². The maximum Gasteiger partial charge on any atom is 0.252 e. The SMILES string of the molecule is CCCC(=O)Nc1ccc(CNC(=O)c2cc(Cl)ccc2Br)cc1. The Morgan fingerprint density at radius 2 is 1.83 bits per heavy atom. The summed E-state index contributed by atoms with van der Waals surface area (Å²) in [6.07, 6.45) is 1.32. The van der Waals surface area contributed by atoms with Crippen LogP contribution in [-0.4, -0.2) is 11.8 Å². The van der Waals surface area contributed by atoms with Gasteiger partial charge in [0.2, 0.25) is 5.91 Å². The Kier molecular flexibility index (Phi) is 6.82. The first kappa shape index (κ1) is 18.5. The maximum atomic E-state index is 12.2. The zero-order valence-electron chi connectivity index (χ0n) is 13.2. The number of carbonyl (C=O) groups excluding carboxylic acids is 2. The Labute approximate surface area is 154 Å². The number of anilines is 1. The first-order chi connectivity index (χ1) is 11.5. The van der Waals surface area contributed by atoms with Gasteiger partial charge in [-0.05, 0) is 58.2 Å². The van der Waals surface area contributed by atoms with Crippen molar-refractivity contribution < 1.29 is 9.59 Å². The highest BCUT2D eigenvalue weighted by Gasteiger charge is 2.10. The fourth-order valence-electron chi connectivity index (χ4n) is 2.11. The summed E-state index contributed by atoms with van der Waals surface area (Å²) >= 11 is 9.27. The first-order valence-electron chi connectivity index (χ1n) is 7.61. The highest BCUT2D eigenvalue weighted by molar-refractivity contribution is 9.10. The molecule has 0 saturated carbocycles. The van der Waals surface area contributed by atoms with Crippen molar-refractivity contribution in [1.29, 1.82) is 0 Å². The summed E-state index contributed by atoms with van der Waals surface area (Å²) in [5.41, 5.74) is 2.18. The summed E-state index contributed by atoms with van der Waals surface area (Å²) in [6.45, 7) is 2.35. The van der Waals surface area contributed by atoms with Crippen molar-refractivity contribution in [3.63, 3.8) is 0 Å². The molecule has 4 nitrogen and oxygen atoms in total. The van der Waals surface area contributed by atoms with Crippen LogP contribution in [0.3, 0.4) is 0 Å². The van der Waals surface area contributed by atoms with Crippen LogP contribution in [0, 0.1) is 0 Å². The van der Waals surface area contributed by atoms with Gasteiger partial charge in [0, 0.05) is 28.1 Å². The van der Waals surface area contributed by atoms with Crippen LogP contribution in [-0.2, 0) is 11.3 Å². The lowest BCUT2D eigenvalue weighted by atomic mass is 10.1. The van der Waals surface area contributed by atoms with Crippen LogP contribution in [0.15, 0.2) is 46.9 Å². The third-order valence-corrected chi connectivity index (χ3v) is 4.27. The van der Waals surface area contributed by atoms with E-state index < -0.39 is 0 Å². The van der Waals surface area contributed by atoms with E-state index in [1.54, 1.807) is 18.2 Å². The Morgan fingerprint density at radius 1 is 1.12 bits per heavy atom. The van der Waals surface area contributed by atoms with Crippen molar-refractivity contribution in [2.24, 2.45) is 0 Å². The third-order valence-electron chi connectivity index (χ3n) is 3.34. The Hall–Kier alpha value is -1.85. The summed E-state index contributed by atoms with van der Waals surface area (Å²) in [4.78, 5) is 23.8. The van der Waals surface area contributed by atoms with Crippen LogP contribution in [0.25, 0.3) is 0 Å². The third kappa shape index (κ3) is 5.35. The maximum absolute atomic E-state index is 12.2. The van der Waals surface area contributed by atoms with Crippen LogP contribution in [0.1, 0.15) is 35.7 Å². The summed E-state index contributed by atoms with van der Waals surface area (Å²) in [5, 5.41) is 6.19. The molecule has 0 bridgehead atoms. The summed E-state index contributed by atoms with van der Waals surface area (Å²) in [6, 6.07) is 12.5. The van der Waals surface area contributed by atoms with Crippen LogP contribution >= 0.6 is 27.5 Å². The molecule has 2 aromatic rings. The standard InChI is InChI=1S/C18H18BrClN2O2/c1-2-3-17(23)22-14-7-4-12(5-8-14)11-21-18(24)15-10-13(20)6-9-16(15)19/h4-10H,2-3,11H2,1H3,(H,21,24)(H,22,23). The molecule has 0 heterocycles. The van der Waals surface area contributed by atoms with Crippen molar-refractivity contribution in [2.45, 2.75) is 26.3 Å². The van der Waals surface area contributed by atoms with Gasteiger partial charge in [0.15, 0.2) is 0 Å². The topological polar surface area (TPSA) is 58.2 Å². The summed E-state index contributed by atoms with van der Waals surface area (Å²) < 4.78 is 0.693. The van der Waals surface area contributed by atoms with Gasteiger partial charge in [-0.15, -0.1) is 0 Å². The second-order valence-corrected chi connectivity index (χ2v) is 6.59. The average molecular weight is 410 g/mol. The molecule has 0 aromatic heterocycles. The highest BCUT2D eigenvalue weighted by Crippen LogP contribution is 2.21. The normalized spacial score (nSPS) is 10.3. The first-order valence-corrected chi connectivity index (χ1v) is 8.78. The number of benzene rings is 2. The van der Waals surface area contributed by atoms with E-state index in [1.807, 2.05) is 31.2 Å². The lowest BCUT2D eigenvalue weighted by molar-refractivity contribution is -0.116. The Morgan fingerprint density at radius 3 is 2.50 bits per heavy atom. The molecule has 0 fully saturated rings. The second kappa shape index (κ2) is 8.85. The number of amides is 2. The van der Waals surface area contributed by atoms with E-state index in [1.165, 1.54) is 0 Å². The molecule has 2 aromatic carbocycles. The number of nitrogens with one attached hydrogen (secondary N) is 2. The molecule has 0 atom stereocenters. The van der Waals surface area contributed by atoms with Gasteiger partial charge in [-0.1, -0.05) is 30.7 Å². The van der Waals surface area contributed by atoms with Gasteiger partial charge in [-0.3, -0.25) is 9.59 Å². The van der Waals surface area contributed by atoms with Gasteiger partial charge < -0.3 is 10.6 Å². The van der Waals surface area contributed by atoms with E-state index in [0.717, 1.165) is 17.7 Å². The van der Waals surface area contributed by atoms with Gasteiger partial charge in [0.25, 0.3) is 5.91 Å². The van der Waals surface area contributed by atoms with Gasteiger partial charge in [-0.2, -0.15) is 0 Å². The molecule has 0 unspecified atom stereocenters. The van der Waals surface area contributed by atoms with Crippen LogP contribution in [0.5, 0.6) is 0 Å². The quantitative estimate of drug-likeness (QED) is 0.722. The molecule has 0 spiro atoms. The predicted molar refractivity (Wildman–Crippen MR) is 100 cm³/mol.